The first kappa shape index (κ1) is 13.5. The van der Waals surface area contributed by atoms with E-state index in [-0.39, 0.29) is 10.8 Å². The van der Waals surface area contributed by atoms with Crippen molar-refractivity contribution in [3.63, 3.8) is 0 Å². The van der Waals surface area contributed by atoms with E-state index in [9.17, 15) is 0 Å². The zero-order valence-corrected chi connectivity index (χ0v) is 13.0. The number of aromatic nitrogens is 1. The second-order valence-electron chi connectivity index (χ2n) is 6.69. The van der Waals surface area contributed by atoms with Gasteiger partial charge in [-0.1, -0.05) is 56.6 Å². The summed E-state index contributed by atoms with van der Waals surface area (Å²) in [6, 6.07) is 7.63. The lowest BCUT2D eigenvalue weighted by atomic mass is 10.0. The minimum atomic E-state index is 0.181. The zero-order chi connectivity index (χ0) is 14.7. The number of halogens is 1. The molecule has 1 heterocycles. The summed E-state index contributed by atoms with van der Waals surface area (Å²) in [7, 11) is 0. The molecule has 4 heteroatoms. The molecular formula is C16H19ClN2O. The van der Waals surface area contributed by atoms with Crippen molar-refractivity contribution in [3.8, 4) is 11.1 Å². The second-order valence-corrected chi connectivity index (χ2v) is 7.13. The van der Waals surface area contributed by atoms with Crippen LogP contribution in [0.25, 0.3) is 11.1 Å². The first-order valence-corrected chi connectivity index (χ1v) is 7.15. The lowest BCUT2D eigenvalue weighted by Gasteiger charge is -2.04. The van der Waals surface area contributed by atoms with E-state index in [1.54, 1.807) is 0 Å². The molecular weight excluding hydrogens is 272 g/mol. The fraction of sp³-hybridized carbons (Fsp3) is 0.438. The van der Waals surface area contributed by atoms with Crippen molar-refractivity contribution in [1.29, 1.82) is 0 Å². The Morgan fingerprint density at radius 1 is 1.10 bits per heavy atom. The maximum Gasteiger partial charge on any atom is 0.175 e. The number of nitrogens with zero attached hydrogens (tertiary/aromatic N) is 1. The van der Waals surface area contributed by atoms with Crippen LogP contribution >= 0.6 is 11.6 Å². The molecule has 1 aromatic heterocycles. The van der Waals surface area contributed by atoms with Gasteiger partial charge in [0, 0.05) is 10.9 Å². The highest BCUT2D eigenvalue weighted by atomic mass is 35.5. The van der Waals surface area contributed by atoms with Gasteiger partial charge >= 0.3 is 0 Å². The molecule has 20 heavy (non-hydrogen) atoms. The third-order valence-electron chi connectivity index (χ3n) is 5.16. The SMILES string of the molecule is CC1(C)C(c2onc(N)c2-c2ccc(Cl)cc2)C1(C)C. The van der Waals surface area contributed by atoms with Gasteiger partial charge in [-0.3, -0.25) is 0 Å². The van der Waals surface area contributed by atoms with Crippen LogP contribution in [0.15, 0.2) is 28.8 Å². The Balaban J connectivity index is 2.10. The van der Waals surface area contributed by atoms with Gasteiger partial charge in [0.05, 0.1) is 5.56 Å². The average molecular weight is 291 g/mol. The van der Waals surface area contributed by atoms with Crippen LogP contribution < -0.4 is 5.73 Å². The molecule has 0 unspecified atom stereocenters. The molecule has 2 aromatic rings. The van der Waals surface area contributed by atoms with E-state index < -0.39 is 0 Å². The first-order chi connectivity index (χ1) is 9.26. The van der Waals surface area contributed by atoms with Crippen LogP contribution in [0.5, 0.6) is 0 Å². The second kappa shape index (κ2) is 4.01. The number of nitrogen functional groups attached to an aromatic ring is 1. The van der Waals surface area contributed by atoms with Crippen LogP contribution in [0.2, 0.25) is 5.02 Å². The highest BCUT2D eigenvalue weighted by Crippen LogP contribution is 2.74. The third kappa shape index (κ3) is 1.69. The summed E-state index contributed by atoms with van der Waals surface area (Å²) >= 11 is 5.95. The normalized spacial score (nSPS) is 20.1. The van der Waals surface area contributed by atoms with Gasteiger partial charge in [0.2, 0.25) is 0 Å². The van der Waals surface area contributed by atoms with Crippen molar-refractivity contribution in [2.75, 3.05) is 5.73 Å². The highest BCUT2D eigenvalue weighted by molar-refractivity contribution is 6.30. The summed E-state index contributed by atoms with van der Waals surface area (Å²) in [5, 5.41) is 4.68. The Labute approximate surface area is 124 Å². The fourth-order valence-electron chi connectivity index (χ4n) is 3.27. The van der Waals surface area contributed by atoms with Crippen LogP contribution in [-0.2, 0) is 0 Å². The molecule has 0 aliphatic heterocycles. The van der Waals surface area contributed by atoms with E-state index >= 15 is 0 Å². The Kier molecular flexibility index (Phi) is 2.71. The van der Waals surface area contributed by atoms with Gasteiger partial charge in [-0.2, -0.15) is 0 Å². The maximum absolute atomic E-state index is 6.02. The summed E-state index contributed by atoms with van der Waals surface area (Å²) in [6.07, 6.45) is 0. The topological polar surface area (TPSA) is 52.0 Å². The van der Waals surface area contributed by atoms with Gasteiger partial charge in [0.1, 0.15) is 0 Å². The quantitative estimate of drug-likeness (QED) is 0.870. The zero-order valence-electron chi connectivity index (χ0n) is 12.2. The third-order valence-corrected chi connectivity index (χ3v) is 5.41. The van der Waals surface area contributed by atoms with Crippen molar-refractivity contribution in [2.24, 2.45) is 10.8 Å². The molecule has 0 spiro atoms. The number of nitrogens with two attached hydrogens (primary N) is 1. The molecule has 0 amide bonds. The van der Waals surface area contributed by atoms with Crippen molar-refractivity contribution in [3.05, 3.63) is 35.0 Å². The highest BCUT2D eigenvalue weighted by Gasteiger charge is 2.67. The predicted molar refractivity (Wildman–Crippen MR) is 81.7 cm³/mol. The van der Waals surface area contributed by atoms with E-state index in [4.69, 9.17) is 21.9 Å². The molecule has 3 nitrogen and oxygen atoms in total. The number of rotatable bonds is 2. The Bertz CT molecular complexity index is 642. The lowest BCUT2D eigenvalue weighted by Crippen LogP contribution is -1.95. The molecule has 0 bridgehead atoms. The Hall–Kier alpha value is -1.48. The standard InChI is InChI=1S/C16H19ClN2O/c1-15(2)13(16(15,3)4)12-11(14(18)19-20-12)9-5-7-10(17)8-6-9/h5-8,13H,1-4H3,(H2,18,19). The minimum absolute atomic E-state index is 0.181. The average Bonchev–Trinajstić information content (AvgIpc) is 2.65. The molecule has 0 radical (unpaired) electrons. The van der Waals surface area contributed by atoms with Crippen molar-refractivity contribution in [2.45, 2.75) is 33.6 Å². The van der Waals surface area contributed by atoms with E-state index in [2.05, 4.69) is 32.9 Å². The van der Waals surface area contributed by atoms with E-state index in [0.29, 0.717) is 16.8 Å². The molecule has 106 valence electrons. The predicted octanol–water partition coefficient (Wildman–Crippen LogP) is 4.73. The smallest absolute Gasteiger partial charge is 0.175 e. The molecule has 0 atom stereocenters. The van der Waals surface area contributed by atoms with Crippen molar-refractivity contribution >= 4 is 17.4 Å². The van der Waals surface area contributed by atoms with Crippen LogP contribution in [0, 0.1) is 10.8 Å². The Morgan fingerprint density at radius 3 is 2.15 bits per heavy atom. The molecule has 3 rings (SSSR count). The summed E-state index contributed by atoms with van der Waals surface area (Å²) in [5.74, 6) is 1.66. The molecule has 1 fully saturated rings. The van der Waals surface area contributed by atoms with Crippen LogP contribution in [0.3, 0.4) is 0 Å². The van der Waals surface area contributed by atoms with E-state index in [0.717, 1.165) is 16.9 Å². The fourth-order valence-corrected chi connectivity index (χ4v) is 3.40. The molecule has 1 aliphatic rings. The molecule has 1 aromatic carbocycles. The number of hydrogen-bond donors (Lipinski definition) is 1. The van der Waals surface area contributed by atoms with Crippen molar-refractivity contribution in [1.82, 2.24) is 5.16 Å². The van der Waals surface area contributed by atoms with Gasteiger partial charge in [0.15, 0.2) is 11.6 Å². The monoisotopic (exact) mass is 290 g/mol. The molecule has 1 saturated carbocycles. The van der Waals surface area contributed by atoms with Crippen molar-refractivity contribution < 1.29 is 4.52 Å². The summed E-state index contributed by atoms with van der Waals surface area (Å²) in [5.41, 5.74) is 8.29. The largest absolute Gasteiger partial charge is 0.380 e. The van der Waals surface area contributed by atoms with Crippen LogP contribution in [-0.4, -0.2) is 5.16 Å². The van der Waals surface area contributed by atoms with Gasteiger partial charge < -0.3 is 10.3 Å². The van der Waals surface area contributed by atoms with Gasteiger partial charge in [-0.05, 0) is 28.5 Å². The summed E-state index contributed by atoms with van der Waals surface area (Å²) in [6.45, 7) is 9.01. The maximum atomic E-state index is 6.02. The summed E-state index contributed by atoms with van der Waals surface area (Å²) in [4.78, 5) is 0. The molecule has 2 N–H and O–H groups in total. The molecule has 1 aliphatic carbocycles. The lowest BCUT2D eigenvalue weighted by molar-refractivity contribution is 0.374. The van der Waals surface area contributed by atoms with E-state index in [1.807, 2.05) is 24.3 Å². The van der Waals surface area contributed by atoms with Crippen LogP contribution in [0.4, 0.5) is 5.82 Å². The van der Waals surface area contributed by atoms with E-state index in [1.165, 1.54) is 0 Å². The first-order valence-electron chi connectivity index (χ1n) is 6.78. The van der Waals surface area contributed by atoms with Gasteiger partial charge in [-0.15, -0.1) is 0 Å². The van der Waals surface area contributed by atoms with Gasteiger partial charge in [-0.25, -0.2) is 0 Å². The van der Waals surface area contributed by atoms with Gasteiger partial charge in [0.25, 0.3) is 0 Å². The summed E-state index contributed by atoms with van der Waals surface area (Å²) < 4.78 is 5.57. The van der Waals surface area contributed by atoms with Crippen LogP contribution in [0.1, 0.15) is 39.4 Å². The Morgan fingerprint density at radius 2 is 1.65 bits per heavy atom. The number of anilines is 1. The molecule has 0 saturated heterocycles. The minimum Gasteiger partial charge on any atom is -0.380 e. The number of benzene rings is 1. The number of hydrogen-bond acceptors (Lipinski definition) is 3.